The number of carbonyl (C=O) groups excluding carboxylic acids is 1. The summed E-state index contributed by atoms with van der Waals surface area (Å²) in [4.78, 5) is 16.3. The Morgan fingerprint density at radius 3 is 2.74 bits per heavy atom. The number of hydrogen-bond acceptors (Lipinski definition) is 3. The summed E-state index contributed by atoms with van der Waals surface area (Å²) < 4.78 is 0. The standard InChI is InChI=1S/C19H24N2O2/c1-2-15-6-5-7-16(10-15)12-19(23)21-13-17(14-22)11-18-8-3-4-9-20-18/h3-10,17,22H,2,11-14H2,1H3,(H,21,23). The van der Waals surface area contributed by atoms with Crippen molar-refractivity contribution >= 4 is 5.91 Å². The van der Waals surface area contributed by atoms with Crippen molar-refractivity contribution in [2.75, 3.05) is 13.2 Å². The molecule has 4 heteroatoms. The SMILES string of the molecule is CCc1cccc(CC(=O)NCC(CO)Cc2ccccn2)c1. The summed E-state index contributed by atoms with van der Waals surface area (Å²) in [5.41, 5.74) is 3.18. The molecule has 0 aliphatic rings. The largest absolute Gasteiger partial charge is 0.396 e. The topological polar surface area (TPSA) is 62.2 Å². The van der Waals surface area contributed by atoms with Gasteiger partial charge in [-0.15, -0.1) is 0 Å². The van der Waals surface area contributed by atoms with Gasteiger partial charge in [0.1, 0.15) is 0 Å². The summed E-state index contributed by atoms with van der Waals surface area (Å²) in [6.45, 7) is 2.59. The van der Waals surface area contributed by atoms with Gasteiger partial charge in [-0.05, 0) is 36.1 Å². The van der Waals surface area contributed by atoms with Crippen LogP contribution in [0.25, 0.3) is 0 Å². The van der Waals surface area contributed by atoms with Crippen LogP contribution in [-0.2, 0) is 24.1 Å². The first-order valence-electron chi connectivity index (χ1n) is 8.06. The van der Waals surface area contributed by atoms with Gasteiger partial charge in [-0.3, -0.25) is 9.78 Å². The molecule has 2 N–H and O–H groups in total. The normalized spacial score (nSPS) is 11.9. The number of aryl methyl sites for hydroxylation is 1. The first-order chi connectivity index (χ1) is 11.2. The second kappa shape index (κ2) is 9.06. The van der Waals surface area contributed by atoms with Crippen LogP contribution in [0.5, 0.6) is 0 Å². The maximum Gasteiger partial charge on any atom is 0.224 e. The molecule has 0 aliphatic carbocycles. The van der Waals surface area contributed by atoms with E-state index in [0.717, 1.165) is 17.7 Å². The minimum Gasteiger partial charge on any atom is -0.396 e. The zero-order chi connectivity index (χ0) is 16.5. The molecule has 23 heavy (non-hydrogen) atoms. The van der Waals surface area contributed by atoms with Crippen molar-refractivity contribution in [2.24, 2.45) is 5.92 Å². The molecule has 0 aliphatic heterocycles. The van der Waals surface area contributed by atoms with Crippen LogP contribution in [0.3, 0.4) is 0 Å². The Bertz CT molecular complexity index is 614. The lowest BCUT2D eigenvalue weighted by molar-refractivity contribution is -0.120. The van der Waals surface area contributed by atoms with E-state index in [4.69, 9.17) is 0 Å². The van der Waals surface area contributed by atoms with Crippen molar-refractivity contribution in [2.45, 2.75) is 26.2 Å². The molecule has 1 amide bonds. The van der Waals surface area contributed by atoms with Gasteiger partial charge in [-0.25, -0.2) is 0 Å². The molecule has 1 aromatic carbocycles. The molecular weight excluding hydrogens is 288 g/mol. The molecule has 2 rings (SSSR count). The number of benzene rings is 1. The third-order valence-electron chi connectivity index (χ3n) is 3.83. The van der Waals surface area contributed by atoms with Crippen molar-refractivity contribution < 1.29 is 9.90 Å². The first-order valence-corrected chi connectivity index (χ1v) is 8.06. The monoisotopic (exact) mass is 312 g/mol. The van der Waals surface area contributed by atoms with E-state index >= 15 is 0 Å². The average Bonchev–Trinajstić information content (AvgIpc) is 2.59. The predicted octanol–water partition coefficient (Wildman–Crippen LogP) is 2.15. The molecule has 1 atom stereocenters. The molecule has 0 radical (unpaired) electrons. The Hall–Kier alpha value is -2.20. The maximum absolute atomic E-state index is 12.1. The van der Waals surface area contributed by atoms with Crippen LogP contribution in [-0.4, -0.2) is 29.1 Å². The van der Waals surface area contributed by atoms with Gasteiger partial charge in [0, 0.05) is 31.0 Å². The summed E-state index contributed by atoms with van der Waals surface area (Å²) in [5.74, 6) is -0.0337. The molecule has 0 fully saturated rings. The number of rotatable bonds is 8. The summed E-state index contributed by atoms with van der Waals surface area (Å²) in [7, 11) is 0. The van der Waals surface area contributed by atoms with Gasteiger partial charge in [0.25, 0.3) is 0 Å². The van der Waals surface area contributed by atoms with Crippen LogP contribution in [0.2, 0.25) is 0 Å². The third kappa shape index (κ3) is 5.83. The van der Waals surface area contributed by atoms with Crippen molar-refractivity contribution in [1.29, 1.82) is 0 Å². The molecule has 122 valence electrons. The summed E-state index contributed by atoms with van der Waals surface area (Å²) in [6, 6.07) is 13.8. The number of nitrogens with one attached hydrogen (secondary N) is 1. The van der Waals surface area contributed by atoms with Gasteiger partial charge in [0.15, 0.2) is 0 Å². The smallest absolute Gasteiger partial charge is 0.224 e. The number of aliphatic hydroxyl groups excluding tert-OH is 1. The molecule has 1 heterocycles. The average molecular weight is 312 g/mol. The molecule has 1 unspecified atom stereocenters. The Morgan fingerprint density at radius 2 is 2.04 bits per heavy atom. The Balaban J connectivity index is 1.82. The third-order valence-corrected chi connectivity index (χ3v) is 3.83. The van der Waals surface area contributed by atoms with Crippen LogP contribution >= 0.6 is 0 Å². The molecule has 0 bridgehead atoms. The van der Waals surface area contributed by atoms with E-state index in [-0.39, 0.29) is 18.4 Å². The number of amides is 1. The van der Waals surface area contributed by atoms with Crippen LogP contribution < -0.4 is 5.32 Å². The zero-order valence-corrected chi connectivity index (χ0v) is 13.5. The van der Waals surface area contributed by atoms with Crippen LogP contribution in [0, 0.1) is 5.92 Å². The highest BCUT2D eigenvalue weighted by Gasteiger charge is 2.11. The van der Waals surface area contributed by atoms with E-state index in [9.17, 15) is 9.90 Å². The number of pyridine rings is 1. The van der Waals surface area contributed by atoms with E-state index in [0.29, 0.717) is 19.4 Å². The van der Waals surface area contributed by atoms with Crippen molar-refractivity contribution in [1.82, 2.24) is 10.3 Å². The van der Waals surface area contributed by atoms with Crippen molar-refractivity contribution in [3.05, 3.63) is 65.5 Å². The minimum absolute atomic E-state index is 0.0160. The fourth-order valence-corrected chi connectivity index (χ4v) is 2.48. The Morgan fingerprint density at radius 1 is 1.22 bits per heavy atom. The highest BCUT2D eigenvalue weighted by molar-refractivity contribution is 5.78. The van der Waals surface area contributed by atoms with Gasteiger partial charge in [-0.1, -0.05) is 37.3 Å². The van der Waals surface area contributed by atoms with E-state index in [1.165, 1.54) is 5.56 Å². The maximum atomic E-state index is 12.1. The van der Waals surface area contributed by atoms with Gasteiger partial charge < -0.3 is 10.4 Å². The molecule has 1 aromatic heterocycles. The molecule has 2 aromatic rings. The lowest BCUT2D eigenvalue weighted by Crippen LogP contribution is -2.33. The summed E-state index contributed by atoms with van der Waals surface area (Å²) in [6.07, 6.45) is 3.73. The van der Waals surface area contributed by atoms with E-state index in [1.54, 1.807) is 6.20 Å². The molecule has 0 saturated carbocycles. The lowest BCUT2D eigenvalue weighted by atomic mass is 10.0. The Kier molecular flexibility index (Phi) is 6.76. The number of aromatic nitrogens is 1. The second-order valence-corrected chi connectivity index (χ2v) is 5.73. The van der Waals surface area contributed by atoms with Gasteiger partial charge in [-0.2, -0.15) is 0 Å². The number of hydrogen-bond donors (Lipinski definition) is 2. The van der Waals surface area contributed by atoms with Gasteiger partial charge >= 0.3 is 0 Å². The lowest BCUT2D eigenvalue weighted by Gasteiger charge is -2.15. The molecule has 0 saturated heterocycles. The highest BCUT2D eigenvalue weighted by atomic mass is 16.3. The number of nitrogens with zero attached hydrogens (tertiary/aromatic N) is 1. The highest BCUT2D eigenvalue weighted by Crippen LogP contribution is 2.08. The quantitative estimate of drug-likeness (QED) is 0.785. The van der Waals surface area contributed by atoms with E-state index < -0.39 is 0 Å². The predicted molar refractivity (Wildman–Crippen MR) is 91.1 cm³/mol. The van der Waals surface area contributed by atoms with Gasteiger partial charge in [0.05, 0.1) is 6.42 Å². The molecule has 0 spiro atoms. The van der Waals surface area contributed by atoms with E-state index in [2.05, 4.69) is 29.4 Å². The van der Waals surface area contributed by atoms with Crippen molar-refractivity contribution in [3.8, 4) is 0 Å². The van der Waals surface area contributed by atoms with Crippen molar-refractivity contribution in [3.63, 3.8) is 0 Å². The zero-order valence-electron chi connectivity index (χ0n) is 13.5. The summed E-state index contributed by atoms with van der Waals surface area (Å²) >= 11 is 0. The molecule has 4 nitrogen and oxygen atoms in total. The van der Waals surface area contributed by atoms with Crippen LogP contribution in [0.1, 0.15) is 23.7 Å². The fraction of sp³-hybridized carbons (Fsp3) is 0.368. The Labute approximate surface area is 137 Å². The number of carbonyl (C=O) groups is 1. The minimum atomic E-state index is -0.0178. The first kappa shape index (κ1) is 17.2. The fourth-order valence-electron chi connectivity index (χ4n) is 2.48. The van der Waals surface area contributed by atoms with Crippen LogP contribution in [0.4, 0.5) is 0 Å². The summed E-state index contributed by atoms with van der Waals surface area (Å²) in [5, 5.41) is 12.4. The number of aliphatic hydroxyl groups is 1. The van der Waals surface area contributed by atoms with Gasteiger partial charge in [0.2, 0.25) is 5.91 Å². The van der Waals surface area contributed by atoms with Crippen LogP contribution in [0.15, 0.2) is 48.7 Å². The molecular formula is C19H24N2O2. The second-order valence-electron chi connectivity index (χ2n) is 5.73. The van der Waals surface area contributed by atoms with E-state index in [1.807, 2.05) is 30.3 Å².